The van der Waals surface area contributed by atoms with Crippen molar-refractivity contribution in [1.82, 2.24) is 0 Å². The first-order chi connectivity index (χ1) is 6.62. The molecule has 0 fully saturated rings. The largest absolute Gasteiger partial charge is 0.396 e. The summed E-state index contributed by atoms with van der Waals surface area (Å²) in [7, 11) is 0. The second-order valence-electron chi connectivity index (χ2n) is 4.49. The second-order valence-corrected chi connectivity index (χ2v) is 4.49. The van der Waals surface area contributed by atoms with Crippen LogP contribution in [0.15, 0.2) is 0 Å². The monoisotopic (exact) mass is 202 g/mol. The van der Waals surface area contributed by atoms with Crippen LogP contribution in [0.4, 0.5) is 0 Å². The van der Waals surface area contributed by atoms with Crippen LogP contribution in [0.3, 0.4) is 0 Å². The summed E-state index contributed by atoms with van der Waals surface area (Å²) >= 11 is 0. The Bertz CT molecular complexity index is 121. The number of aliphatic hydroxyl groups excluding tert-OH is 1. The third kappa shape index (κ3) is 8.52. The molecule has 2 nitrogen and oxygen atoms in total. The van der Waals surface area contributed by atoms with E-state index in [0.29, 0.717) is 6.42 Å². The number of unbranched alkanes of at least 4 members (excludes halogenated alkanes) is 5. The molecule has 0 rings (SSSR count). The van der Waals surface area contributed by atoms with E-state index in [2.05, 4.69) is 6.92 Å². The molecule has 0 aliphatic heterocycles. The molecule has 0 aromatic heterocycles. The summed E-state index contributed by atoms with van der Waals surface area (Å²) in [4.78, 5) is 0. The molecule has 0 aliphatic rings. The summed E-state index contributed by atoms with van der Waals surface area (Å²) in [6.45, 7) is 4.12. The molecule has 0 radical (unpaired) electrons. The van der Waals surface area contributed by atoms with Crippen molar-refractivity contribution >= 4 is 0 Å². The Labute approximate surface area is 88.3 Å². The van der Waals surface area contributed by atoms with Gasteiger partial charge in [0.25, 0.3) is 0 Å². The van der Waals surface area contributed by atoms with Crippen LogP contribution in [0.2, 0.25) is 0 Å². The lowest BCUT2D eigenvalue weighted by Crippen LogP contribution is -2.25. The molecule has 14 heavy (non-hydrogen) atoms. The lowest BCUT2D eigenvalue weighted by molar-refractivity contribution is 0.0232. The van der Waals surface area contributed by atoms with Gasteiger partial charge in [-0.05, 0) is 19.8 Å². The molecule has 0 heterocycles. The molecule has 86 valence electrons. The van der Waals surface area contributed by atoms with Crippen LogP contribution >= 0.6 is 0 Å². The average molecular weight is 202 g/mol. The zero-order valence-corrected chi connectivity index (χ0v) is 9.76. The van der Waals surface area contributed by atoms with Crippen LogP contribution in [-0.2, 0) is 0 Å². The van der Waals surface area contributed by atoms with E-state index in [9.17, 15) is 5.11 Å². The molecule has 2 heteroatoms. The Morgan fingerprint density at radius 2 is 1.50 bits per heavy atom. The van der Waals surface area contributed by atoms with E-state index < -0.39 is 5.60 Å². The first-order valence-corrected chi connectivity index (χ1v) is 5.95. The Kier molecular flexibility index (Phi) is 8.20. The quantitative estimate of drug-likeness (QED) is 0.564. The molecule has 2 N–H and O–H groups in total. The van der Waals surface area contributed by atoms with Gasteiger partial charge < -0.3 is 10.2 Å². The van der Waals surface area contributed by atoms with Gasteiger partial charge in [0.2, 0.25) is 0 Å². The van der Waals surface area contributed by atoms with Crippen molar-refractivity contribution in [3.05, 3.63) is 0 Å². The van der Waals surface area contributed by atoms with Crippen LogP contribution in [0, 0.1) is 0 Å². The van der Waals surface area contributed by atoms with Crippen LogP contribution in [0.1, 0.15) is 65.2 Å². The summed E-state index contributed by atoms with van der Waals surface area (Å²) in [5, 5.41) is 18.5. The fraction of sp³-hybridized carbons (Fsp3) is 1.00. The molecule has 0 bridgehead atoms. The minimum atomic E-state index is -0.653. The van der Waals surface area contributed by atoms with Crippen LogP contribution in [-0.4, -0.2) is 22.4 Å². The van der Waals surface area contributed by atoms with Gasteiger partial charge in [0, 0.05) is 6.61 Å². The Hall–Kier alpha value is -0.0800. The predicted octanol–water partition coefficient (Wildman–Crippen LogP) is 2.87. The second kappa shape index (κ2) is 8.25. The smallest absolute Gasteiger partial charge is 0.0641 e. The third-order valence-corrected chi connectivity index (χ3v) is 2.72. The van der Waals surface area contributed by atoms with E-state index in [4.69, 9.17) is 5.11 Å². The van der Waals surface area contributed by atoms with Gasteiger partial charge in [0.1, 0.15) is 0 Å². The highest BCUT2D eigenvalue weighted by Gasteiger charge is 2.18. The van der Waals surface area contributed by atoms with Crippen molar-refractivity contribution in [1.29, 1.82) is 0 Å². The van der Waals surface area contributed by atoms with E-state index in [1.165, 1.54) is 32.1 Å². The topological polar surface area (TPSA) is 40.5 Å². The predicted molar refractivity (Wildman–Crippen MR) is 60.3 cm³/mol. The molecule has 0 aliphatic carbocycles. The first kappa shape index (κ1) is 13.9. The maximum absolute atomic E-state index is 9.76. The van der Waals surface area contributed by atoms with Crippen LogP contribution in [0.25, 0.3) is 0 Å². The summed E-state index contributed by atoms with van der Waals surface area (Å²) in [6.07, 6.45) is 8.82. The van der Waals surface area contributed by atoms with Gasteiger partial charge in [-0.1, -0.05) is 45.4 Å². The third-order valence-electron chi connectivity index (χ3n) is 2.72. The fourth-order valence-electron chi connectivity index (χ4n) is 1.65. The van der Waals surface area contributed by atoms with Gasteiger partial charge in [-0.2, -0.15) is 0 Å². The number of rotatable bonds is 9. The van der Waals surface area contributed by atoms with Gasteiger partial charge in [0.05, 0.1) is 5.60 Å². The maximum atomic E-state index is 9.76. The molecular weight excluding hydrogens is 176 g/mol. The molecule has 0 saturated heterocycles. The van der Waals surface area contributed by atoms with Crippen molar-refractivity contribution in [3.63, 3.8) is 0 Å². The lowest BCUT2D eigenvalue weighted by atomic mass is 9.95. The average Bonchev–Trinajstić information content (AvgIpc) is 2.11. The van der Waals surface area contributed by atoms with Crippen molar-refractivity contribution in [2.45, 2.75) is 70.8 Å². The Morgan fingerprint density at radius 1 is 0.929 bits per heavy atom. The van der Waals surface area contributed by atoms with Gasteiger partial charge in [-0.25, -0.2) is 0 Å². The normalized spacial score (nSPS) is 15.4. The van der Waals surface area contributed by atoms with Crippen molar-refractivity contribution in [2.24, 2.45) is 0 Å². The highest BCUT2D eigenvalue weighted by Crippen LogP contribution is 2.18. The summed E-state index contributed by atoms with van der Waals surface area (Å²) in [6, 6.07) is 0. The minimum Gasteiger partial charge on any atom is -0.396 e. The van der Waals surface area contributed by atoms with E-state index in [1.807, 2.05) is 6.92 Å². The van der Waals surface area contributed by atoms with E-state index in [1.54, 1.807) is 0 Å². The van der Waals surface area contributed by atoms with E-state index in [0.717, 1.165) is 12.8 Å². The van der Waals surface area contributed by atoms with Crippen LogP contribution in [0.5, 0.6) is 0 Å². The van der Waals surface area contributed by atoms with Crippen molar-refractivity contribution < 1.29 is 10.2 Å². The number of aliphatic hydroxyl groups is 2. The number of hydrogen-bond donors (Lipinski definition) is 2. The fourth-order valence-corrected chi connectivity index (χ4v) is 1.65. The van der Waals surface area contributed by atoms with Gasteiger partial charge in [-0.3, -0.25) is 0 Å². The minimum absolute atomic E-state index is 0.0861. The zero-order chi connectivity index (χ0) is 10.9. The summed E-state index contributed by atoms with van der Waals surface area (Å²) < 4.78 is 0. The molecule has 1 atom stereocenters. The standard InChI is InChI=1S/C12H26O2/c1-3-4-5-6-7-8-9-12(2,14)10-11-13/h13-14H,3-11H2,1-2H3. The molecule has 0 saturated carbocycles. The molecule has 0 amide bonds. The summed E-state index contributed by atoms with van der Waals surface area (Å²) in [5.74, 6) is 0. The van der Waals surface area contributed by atoms with Gasteiger partial charge in [0.15, 0.2) is 0 Å². The van der Waals surface area contributed by atoms with Gasteiger partial charge >= 0.3 is 0 Å². The number of hydrogen-bond acceptors (Lipinski definition) is 2. The van der Waals surface area contributed by atoms with Gasteiger partial charge in [-0.15, -0.1) is 0 Å². The SMILES string of the molecule is CCCCCCCCC(C)(O)CCO. The first-order valence-electron chi connectivity index (χ1n) is 5.95. The van der Waals surface area contributed by atoms with Crippen molar-refractivity contribution in [3.8, 4) is 0 Å². The van der Waals surface area contributed by atoms with Crippen LogP contribution < -0.4 is 0 Å². The van der Waals surface area contributed by atoms with E-state index >= 15 is 0 Å². The molecular formula is C12H26O2. The molecule has 0 spiro atoms. The van der Waals surface area contributed by atoms with Crippen molar-refractivity contribution in [2.75, 3.05) is 6.61 Å². The Morgan fingerprint density at radius 3 is 2.07 bits per heavy atom. The Balaban J connectivity index is 3.26. The highest BCUT2D eigenvalue weighted by molar-refractivity contribution is 4.71. The molecule has 0 aromatic rings. The zero-order valence-electron chi connectivity index (χ0n) is 9.76. The molecule has 1 unspecified atom stereocenters. The summed E-state index contributed by atoms with van der Waals surface area (Å²) in [5.41, 5.74) is -0.653. The molecule has 0 aromatic carbocycles. The maximum Gasteiger partial charge on any atom is 0.0641 e. The lowest BCUT2D eigenvalue weighted by Gasteiger charge is -2.21. The highest BCUT2D eigenvalue weighted by atomic mass is 16.3. The van der Waals surface area contributed by atoms with E-state index in [-0.39, 0.29) is 6.61 Å².